The molecular weight excluding hydrogens is 459 g/mol. The molecular formula is C24H27FN4O4S. The summed E-state index contributed by atoms with van der Waals surface area (Å²) in [6.45, 7) is 1.21. The number of carbonyl (C=O) groups is 1. The Morgan fingerprint density at radius 1 is 1.15 bits per heavy atom. The van der Waals surface area contributed by atoms with E-state index in [-0.39, 0.29) is 29.9 Å². The molecule has 1 aromatic heterocycles. The van der Waals surface area contributed by atoms with Crippen LogP contribution < -0.4 is 25.1 Å². The Labute approximate surface area is 201 Å². The van der Waals surface area contributed by atoms with Crippen molar-refractivity contribution in [2.45, 2.75) is 37.5 Å². The number of thiazole rings is 1. The highest BCUT2D eigenvalue weighted by atomic mass is 32.1. The maximum Gasteiger partial charge on any atom is 0.274 e. The molecule has 2 aromatic carbocycles. The number of benzene rings is 2. The van der Waals surface area contributed by atoms with Crippen LogP contribution >= 0.6 is 11.3 Å². The van der Waals surface area contributed by atoms with E-state index < -0.39 is 0 Å². The number of likely N-dealkylation sites (tertiary alicyclic amines) is 1. The van der Waals surface area contributed by atoms with Crippen LogP contribution in [0.3, 0.4) is 0 Å². The summed E-state index contributed by atoms with van der Waals surface area (Å²) in [7, 11) is 3.26. The minimum atomic E-state index is -0.341. The van der Waals surface area contributed by atoms with Crippen LogP contribution in [0.25, 0.3) is 10.2 Å². The molecule has 3 aromatic rings. The minimum absolute atomic E-state index is 0.0453. The summed E-state index contributed by atoms with van der Waals surface area (Å²) in [5.74, 6) is 1.22. The van der Waals surface area contributed by atoms with Gasteiger partial charge in [0.25, 0.3) is 5.19 Å². The van der Waals surface area contributed by atoms with Crippen LogP contribution in [0.2, 0.25) is 0 Å². The van der Waals surface area contributed by atoms with Crippen molar-refractivity contribution in [2.24, 2.45) is 0 Å². The number of rotatable bonds is 6. The smallest absolute Gasteiger partial charge is 0.274 e. The summed E-state index contributed by atoms with van der Waals surface area (Å²) >= 11 is 1.34. The van der Waals surface area contributed by atoms with Crippen molar-refractivity contribution in [2.75, 3.05) is 27.3 Å². The molecule has 2 fully saturated rings. The van der Waals surface area contributed by atoms with Gasteiger partial charge in [0, 0.05) is 31.5 Å². The van der Waals surface area contributed by atoms with Crippen LogP contribution in [-0.4, -0.2) is 55.2 Å². The fourth-order valence-electron chi connectivity index (χ4n) is 4.54. The van der Waals surface area contributed by atoms with Crippen molar-refractivity contribution in [3.05, 3.63) is 47.8 Å². The van der Waals surface area contributed by atoms with E-state index >= 15 is 0 Å². The molecule has 2 atom stereocenters. The molecule has 34 heavy (non-hydrogen) atoms. The highest BCUT2D eigenvalue weighted by molar-refractivity contribution is 7.20. The second-order valence-corrected chi connectivity index (χ2v) is 9.44. The number of aromatic nitrogens is 1. The van der Waals surface area contributed by atoms with Crippen molar-refractivity contribution in [3.8, 4) is 16.7 Å². The van der Waals surface area contributed by atoms with Gasteiger partial charge < -0.3 is 19.1 Å². The molecule has 0 spiro atoms. The van der Waals surface area contributed by atoms with Gasteiger partial charge in [0.15, 0.2) is 0 Å². The van der Waals surface area contributed by atoms with Gasteiger partial charge in [-0.3, -0.25) is 4.79 Å². The van der Waals surface area contributed by atoms with E-state index in [1.807, 2.05) is 29.2 Å². The number of carbonyl (C=O) groups excluding carboxylic acids is 1. The number of para-hydroxylation sites is 1. The lowest BCUT2D eigenvalue weighted by atomic mass is 9.99. The van der Waals surface area contributed by atoms with Crippen molar-refractivity contribution in [1.82, 2.24) is 20.7 Å². The number of amides is 1. The van der Waals surface area contributed by atoms with Crippen LogP contribution in [-0.2, 0) is 4.79 Å². The Morgan fingerprint density at radius 2 is 1.97 bits per heavy atom. The Kier molecular flexibility index (Phi) is 6.53. The first kappa shape index (κ1) is 22.8. The number of piperidine rings is 1. The highest BCUT2D eigenvalue weighted by Gasteiger charge is 2.36. The monoisotopic (exact) mass is 486 g/mol. The van der Waals surface area contributed by atoms with Gasteiger partial charge in [-0.25, -0.2) is 15.2 Å². The van der Waals surface area contributed by atoms with Gasteiger partial charge >= 0.3 is 0 Å². The van der Waals surface area contributed by atoms with Gasteiger partial charge in [-0.2, -0.15) is 4.98 Å². The zero-order valence-electron chi connectivity index (χ0n) is 19.0. The summed E-state index contributed by atoms with van der Waals surface area (Å²) in [4.78, 5) is 19.3. The predicted octanol–water partition coefficient (Wildman–Crippen LogP) is 3.43. The standard InChI is InChI=1S/C24H27FN4O4S/c1-31-15-6-7-20(32-2)16(12-15)18-13-19(28-27-18)23(30)29-10-8-14(9-11-29)33-24-26-22-17(25)4-3-5-21(22)34-24/h3-7,12,14,18-19,27-28H,8-11,13H2,1-2H3. The highest BCUT2D eigenvalue weighted by Crippen LogP contribution is 2.34. The van der Waals surface area contributed by atoms with Crippen LogP contribution in [0.1, 0.15) is 30.9 Å². The van der Waals surface area contributed by atoms with Crippen molar-refractivity contribution < 1.29 is 23.4 Å². The largest absolute Gasteiger partial charge is 0.497 e. The van der Waals surface area contributed by atoms with E-state index in [2.05, 4.69) is 15.8 Å². The lowest BCUT2D eigenvalue weighted by molar-refractivity contribution is -0.135. The fraction of sp³-hybridized carbons (Fsp3) is 0.417. The number of hydrogen-bond donors (Lipinski definition) is 2. The number of nitrogens with one attached hydrogen (secondary N) is 2. The number of methoxy groups -OCH3 is 2. The summed E-state index contributed by atoms with van der Waals surface area (Å²) in [6.07, 6.45) is 1.97. The zero-order valence-corrected chi connectivity index (χ0v) is 19.9. The molecule has 0 bridgehead atoms. The van der Waals surface area contributed by atoms with Crippen LogP contribution in [0.5, 0.6) is 16.7 Å². The summed E-state index contributed by atoms with van der Waals surface area (Å²) in [5, 5.41) is 0.474. The van der Waals surface area contributed by atoms with E-state index in [1.165, 1.54) is 17.4 Å². The zero-order chi connectivity index (χ0) is 23.7. The first-order valence-corrected chi connectivity index (χ1v) is 12.1. The molecule has 3 heterocycles. The van der Waals surface area contributed by atoms with E-state index in [4.69, 9.17) is 14.2 Å². The minimum Gasteiger partial charge on any atom is -0.497 e. The first-order valence-electron chi connectivity index (χ1n) is 11.3. The van der Waals surface area contributed by atoms with Gasteiger partial charge in [0.2, 0.25) is 5.91 Å². The molecule has 2 N–H and O–H groups in total. The average Bonchev–Trinajstić information content (AvgIpc) is 3.52. The number of fused-ring (bicyclic) bond motifs is 1. The fourth-order valence-corrected chi connectivity index (χ4v) is 5.43. The molecule has 0 aliphatic carbocycles. The van der Waals surface area contributed by atoms with E-state index in [9.17, 15) is 9.18 Å². The summed E-state index contributed by atoms with van der Waals surface area (Å²) in [5.41, 5.74) is 7.67. The topological polar surface area (TPSA) is 85.0 Å². The van der Waals surface area contributed by atoms with Gasteiger partial charge in [-0.1, -0.05) is 17.4 Å². The Bertz CT molecular complexity index is 1180. The van der Waals surface area contributed by atoms with Crippen molar-refractivity contribution in [1.29, 1.82) is 0 Å². The molecule has 0 radical (unpaired) electrons. The lowest BCUT2D eigenvalue weighted by Crippen LogP contribution is -2.49. The van der Waals surface area contributed by atoms with Gasteiger partial charge in [0.05, 0.1) is 25.0 Å². The van der Waals surface area contributed by atoms with E-state index in [1.54, 1.807) is 20.3 Å². The SMILES string of the molecule is COc1ccc(OC)c(C2CC(C(=O)N3CCC(Oc4nc5c(F)cccc5s4)CC3)NN2)c1. The Hall–Kier alpha value is -2.95. The van der Waals surface area contributed by atoms with E-state index in [0.29, 0.717) is 43.1 Å². The molecule has 1 amide bonds. The van der Waals surface area contributed by atoms with E-state index in [0.717, 1.165) is 21.8 Å². The van der Waals surface area contributed by atoms with Gasteiger partial charge in [-0.05, 0) is 36.8 Å². The maximum absolute atomic E-state index is 13.9. The third kappa shape index (κ3) is 4.53. The number of hydrazine groups is 1. The molecule has 2 aliphatic rings. The number of halogens is 1. The molecule has 2 saturated heterocycles. The number of ether oxygens (including phenoxy) is 3. The third-order valence-electron chi connectivity index (χ3n) is 6.38. The summed E-state index contributed by atoms with van der Waals surface area (Å²) < 4.78 is 31.5. The molecule has 2 unspecified atom stereocenters. The maximum atomic E-state index is 13.9. The Morgan fingerprint density at radius 3 is 2.71 bits per heavy atom. The Balaban J connectivity index is 1.17. The molecule has 0 saturated carbocycles. The lowest BCUT2D eigenvalue weighted by Gasteiger charge is -2.33. The third-order valence-corrected chi connectivity index (χ3v) is 7.30. The molecule has 5 rings (SSSR count). The van der Waals surface area contributed by atoms with Crippen molar-refractivity contribution >= 4 is 27.5 Å². The predicted molar refractivity (Wildman–Crippen MR) is 127 cm³/mol. The normalized spacial score (nSPS) is 21.1. The molecule has 8 nitrogen and oxygen atoms in total. The quantitative estimate of drug-likeness (QED) is 0.552. The van der Waals surface area contributed by atoms with Crippen LogP contribution in [0.4, 0.5) is 4.39 Å². The van der Waals surface area contributed by atoms with Crippen LogP contribution in [0, 0.1) is 5.82 Å². The number of nitrogens with zero attached hydrogens (tertiary/aromatic N) is 2. The second-order valence-electron chi connectivity index (χ2n) is 8.45. The molecule has 2 aliphatic heterocycles. The molecule has 180 valence electrons. The first-order chi connectivity index (χ1) is 16.6. The van der Waals surface area contributed by atoms with Crippen molar-refractivity contribution in [3.63, 3.8) is 0 Å². The second kappa shape index (κ2) is 9.73. The van der Waals surface area contributed by atoms with Crippen LogP contribution in [0.15, 0.2) is 36.4 Å². The molecule has 10 heteroatoms. The number of hydrogen-bond acceptors (Lipinski definition) is 8. The van der Waals surface area contributed by atoms with Gasteiger partial charge in [0.1, 0.15) is 35.0 Å². The van der Waals surface area contributed by atoms with Gasteiger partial charge in [-0.15, -0.1) is 0 Å². The average molecular weight is 487 g/mol. The summed E-state index contributed by atoms with van der Waals surface area (Å²) in [6, 6.07) is 10.2.